The molecule has 1 saturated heterocycles. The number of rotatable bonds is 4. The Morgan fingerprint density at radius 3 is 2.80 bits per heavy atom. The smallest absolute Gasteiger partial charge is 0.254 e. The Kier molecular flexibility index (Phi) is 5.87. The maximum absolute atomic E-state index is 12.5. The number of hydrogen-bond donors (Lipinski definition) is 0. The lowest BCUT2D eigenvalue weighted by atomic mass is 10.0. The molecule has 110 valence electrons. The van der Waals surface area contributed by atoms with Crippen molar-refractivity contribution >= 4 is 33.4 Å². The van der Waals surface area contributed by atoms with Gasteiger partial charge in [0.2, 0.25) is 0 Å². The molecule has 0 aliphatic carbocycles. The van der Waals surface area contributed by atoms with Crippen LogP contribution in [0.3, 0.4) is 0 Å². The number of amides is 1. The predicted molar refractivity (Wildman–Crippen MR) is 84.9 cm³/mol. The van der Waals surface area contributed by atoms with E-state index in [1.54, 1.807) is 0 Å². The van der Waals surface area contributed by atoms with E-state index in [0.29, 0.717) is 10.6 Å². The third-order valence-corrected chi connectivity index (χ3v) is 4.39. The number of carbonyl (C=O) groups excluding carboxylic acids is 1. The van der Waals surface area contributed by atoms with Crippen LogP contribution in [0.2, 0.25) is 5.02 Å². The molecule has 0 saturated carbocycles. The lowest BCUT2D eigenvalue weighted by Gasteiger charge is -2.32. The quantitative estimate of drug-likeness (QED) is 0.767. The topological polar surface area (TPSA) is 29.5 Å². The maximum atomic E-state index is 12.5. The Morgan fingerprint density at radius 2 is 2.15 bits per heavy atom. The number of ether oxygens (including phenoxy) is 1. The van der Waals surface area contributed by atoms with E-state index in [1.165, 1.54) is 0 Å². The SMILES string of the molecule is Cc1c(Cl)cccc1C(=O)N1CCC(OCCBr)CC1. The van der Waals surface area contributed by atoms with Crippen molar-refractivity contribution in [1.82, 2.24) is 4.90 Å². The molecule has 2 rings (SSSR count). The van der Waals surface area contributed by atoms with Crippen LogP contribution in [0.15, 0.2) is 18.2 Å². The van der Waals surface area contributed by atoms with E-state index in [9.17, 15) is 4.79 Å². The van der Waals surface area contributed by atoms with Gasteiger partial charge in [0.25, 0.3) is 5.91 Å². The van der Waals surface area contributed by atoms with Gasteiger partial charge in [-0.2, -0.15) is 0 Å². The molecular formula is C15H19BrClNO2. The highest BCUT2D eigenvalue weighted by molar-refractivity contribution is 9.09. The lowest BCUT2D eigenvalue weighted by molar-refractivity contribution is 0.0160. The fourth-order valence-corrected chi connectivity index (χ4v) is 2.81. The molecule has 0 unspecified atom stereocenters. The Labute approximate surface area is 133 Å². The van der Waals surface area contributed by atoms with Gasteiger partial charge in [0.05, 0.1) is 12.7 Å². The molecule has 1 fully saturated rings. The van der Waals surface area contributed by atoms with E-state index in [-0.39, 0.29) is 12.0 Å². The zero-order chi connectivity index (χ0) is 14.5. The Bertz CT molecular complexity index is 473. The summed E-state index contributed by atoms with van der Waals surface area (Å²) in [5.74, 6) is 0.0731. The number of nitrogens with zero attached hydrogens (tertiary/aromatic N) is 1. The summed E-state index contributed by atoms with van der Waals surface area (Å²) in [6.07, 6.45) is 2.08. The Hall–Kier alpha value is -0.580. The van der Waals surface area contributed by atoms with Gasteiger partial charge in [-0.25, -0.2) is 0 Å². The van der Waals surface area contributed by atoms with Gasteiger partial charge in [-0.05, 0) is 37.5 Å². The number of hydrogen-bond acceptors (Lipinski definition) is 2. The summed E-state index contributed by atoms with van der Waals surface area (Å²) in [4.78, 5) is 14.4. The Morgan fingerprint density at radius 1 is 1.45 bits per heavy atom. The van der Waals surface area contributed by atoms with Crippen molar-refractivity contribution in [1.29, 1.82) is 0 Å². The average Bonchev–Trinajstić information content (AvgIpc) is 2.48. The van der Waals surface area contributed by atoms with E-state index in [4.69, 9.17) is 16.3 Å². The van der Waals surface area contributed by atoms with Crippen LogP contribution in [0.4, 0.5) is 0 Å². The number of halogens is 2. The molecule has 1 aromatic carbocycles. The van der Waals surface area contributed by atoms with Gasteiger partial charge in [0.1, 0.15) is 0 Å². The van der Waals surface area contributed by atoms with Crippen LogP contribution in [0, 0.1) is 6.92 Å². The van der Waals surface area contributed by atoms with Crippen molar-refractivity contribution < 1.29 is 9.53 Å². The molecule has 1 aliphatic heterocycles. The number of carbonyl (C=O) groups is 1. The summed E-state index contributed by atoms with van der Waals surface area (Å²) < 4.78 is 5.70. The lowest BCUT2D eigenvalue weighted by Crippen LogP contribution is -2.41. The molecule has 0 N–H and O–H groups in total. The standard InChI is InChI=1S/C15H19BrClNO2/c1-11-13(3-2-4-14(11)17)15(19)18-8-5-12(6-9-18)20-10-7-16/h2-4,12H,5-10H2,1H3. The normalized spacial score (nSPS) is 16.4. The molecular weight excluding hydrogens is 342 g/mol. The van der Waals surface area contributed by atoms with Gasteiger partial charge in [0, 0.05) is 29.0 Å². The van der Waals surface area contributed by atoms with E-state index >= 15 is 0 Å². The molecule has 1 aromatic rings. The molecule has 0 bridgehead atoms. The van der Waals surface area contributed by atoms with Crippen molar-refractivity contribution in [3.05, 3.63) is 34.3 Å². The highest BCUT2D eigenvalue weighted by Crippen LogP contribution is 2.22. The molecule has 20 heavy (non-hydrogen) atoms. The summed E-state index contributed by atoms with van der Waals surface area (Å²) in [6.45, 7) is 4.11. The van der Waals surface area contributed by atoms with Crippen molar-refractivity contribution in [2.75, 3.05) is 25.0 Å². The fourth-order valence-electron chi connectivity index (χ4n) is 2.45. The van der Waals surface area contributed by atoms with Gasteiger partial charge in [0.15, 0.2) is 0 Å². The minimum absolute atomic E-state index is 0.0731. The first-order valence-corrected chi connectivity index (χ1v) is 8.35. The van der Waals surface area contributed by atoms with Gasteiger partial charge in [-0.1, -0.05) is 33.6 Å². The van der Waals surface area contributed by atoms with E-state index < -0.39 is 0 Å². The van der Waals surface area contributed by atoms with Crippen LogP contribution in [0.25, 0.3) is 0 Å². The number of piperidine rings is 1. The maximum Gasteiger partial charge on any atom is 0.254 e. The van der Waals surface area contributed by atoms with Crippen molar-refractivity contribution in [2.45, 2.75) is 25.9 Å². The summed E-state index contributed by atoms with van der Waals surface area (Å²) >= 11 is 9.44. The van der Waals surface area contributed by atoms with Gasteiger partial charge in [-0.3, -0.25) is 4.79 Å². The van der Waals surface area contributed by atoms with Crippen LogP contribution in [-0.4, -0.2) is 41.9 Å². The van der Waals surface area contributed by atoms with Gasteiger partial charge < -0.3 is 9.64 Å². The second-order valence-electron chi connectivity index (χ2n) is 4.96. The highest BCUT2D eigenvalue weighted by Gasteiger charge is 2.25. The van der Waals surface area contributed by atoms with Crippen LogP contribution in [0.1, 0.15) is 28.8 Å². The van der Waals surface area contributed by atoms with Crippen LogP contribution < -0.4 is 0 Å². The second-order valence-corrected chi connectivity index (χ2v) is 6.16. The minimum atomic E-state index is 0.0731. The molecule has 1 aliphatic rings. The van der Waals surface area contributed by atoms with E-state index in [1.807, 2.05) is 30.0 Å². The molecule has 3 nitrogen and oxygen atoms in total. The second kappa shape index (κ2) is 7.43. The molecule has 0 radical (unpaired) electrons. The molecule has 1 amide bonds. The molecule has 0 atom stereocenters. The summed E-state index contributed by atoms with van der Waals surface area (Å²) in [7, 11) is 0. The van der Waals surface area contributed by atoms with Crippen molar-refractivity contribution in [3.63, 3.8) is 0 Å². The summed E-state index contributed by atoms with van der Waals surface area (Å²) in [6, 6.07) is 5.49. The van der Waals surface area contributed by atoms with E-state index in [0.717, 1.165) is 43.4 Å². The summed E-state index contributed by atoms with van der Waals surface area (Å²) in [5.41, 5.74) is 1.56. The largest absolute Gasteiger partial charge is 0.377 e. The van der Waals surface area contributed by atoms with E-state index in [2.05, 4.69) is 15.9 Å². The Balaban J connectivity index is 1.96. The zero-order valence-electron chi connectivity index (χ0n) is 11.6. The zero-order valence-corrected chi connectivity index (χ0v) is 13.9. The molecule has 5 heteroatoms. The van der Waals surface area contributed by atoms with Gasteiger partial charge in [-0.15, -0.1) is 0 Å². The first-order chi connectivity index (χ1) is 9.63. The number of benzene rings is 1. The van der Waals surface area contributed by atoms with Crippen LogP contribution >= 0.6 is 27.5 Å². The van der Waals surface area contributed by atoms with Crippen LogP contribution in [-0.2, 0) is 4.74 Å². The van der Waals surface area contributed by atoms with Gasteiger partial charge >= 0.3 is 0 Å². The average molecular weight is 361 g/mol. The third-order valence-electron chi connectivity index (χ3n) is 3.66. The highest BCUT2D eigenvalue weighted by atomic mass is 79.9. The van der Waals surface area contributed by atoms with Crippen LogP contribution in [0.5, 0.6) is 0 Å². The minimum Gasteiger partial charge on any atom is -0.377 e. The first-order valence-electron chi connectivity index (χ1n) is 6.85. The summed E-state index contributed by atoms with van der Waals surface area (Å²) in [5, 5.41) is 1.50. The fraction of sp³-hybridized carbons (Fsp3) is 0.533. The number of likely N-dealkylation sites (tertiary alicyclic amines) is 1. The first kappa shape index (κ1) is 15.8. The monoisotopic (exact) mass is 359 g/mol. The van der Waals surface area contributed by atoms with Crippen molar-refractivity contribution in [2.24, 2.45) is 0 Å². The predicted octanol–water partition coefficient (Wildman–Crippen LogP) is 3.66. The molecule has 1 heterocycles. The molecule has 0 aromatic heterocycles. The van der Waals surface area contributed by atoms with Crippen molar-refractivity contribution in [3.8, 4) is 0 Å². The molecule has 0 spiro atoms. The third kappa shape index (κ3) is 3.74. The number of alkyl halides is 1.